The Bertz CT molecular complexity index is 737. The quantitative estimate of drug-likeness (QED) is 0.693. The summed E-state index contributed by atoms with van der Waals surface area (Å²) in [6, 6.07) is 6.82. The number of ether oxygens (including phenoxy) is 1. The van der Waals surface area contributed by atoms with Gasteiger partial charge in [0.15, 0.2) is 0 Å². The molecule has 0 bridgehead atoms. The minimum Gasteiger partial charge on any atom is -0.384 e. The summed E-state index contributed by atoms with van der Waals surface area (Å²) in [4.78, 5) is 0.246. The molecule has 9 heteroatoms. The summed E-state index contributed by atoms with van der Waals surface area (Å²) in [5.41, 5.74) is 1.07. The van der Waals surface area contributed by atoms with Crippen molar-refractivity contribution in [3.8, 4) is 0 Å². The largest absolute Gasteiger partial charge is 0.384 e. The van der Waals surface area contributed by atoms with Gasteiger partial charge in [0, 0.05) is 33.3 Å². The van der Waals surface area contributed by atoms with Gasteiger partial charge in [-0.2, -0.15) is 8.61 Å². The first-order chi connectivity index (χ1) is 11.3. The molecule has 0 spiro atoms. The third kappa shape index (κ3) is 4.34. The van der Waals surface area contributed by atoms with Crippen LogP contribution in [0.5, 0.6) is 0 Å². The van der Waals surface area contributed by atoms with Crippen molar-refractivity contribution in [2.24, 2.45) is 0 Å². The predicted octanol–water partition coefficient (Wildman–Crippen LogP) is 0.532. The standard InChI is InChI=1S/C15H24N2O5S2/c1-3-14-4-6-15(7-5-14)24(20,21)17-10-8-16(9-11-17)23(18,19)13-12-22-2/h4-7H,3,8-13H2,1-2H3. The maximum absolute atomic E-state index is 12.7. The van der Waals surface area contributed by atoms with E-state index >= 15 is 0 Å². The van der Waals surface area contributed by atoms with Crippen LogP contribution in [0, 0.1) is 0 Å². The van der Waals surface area contributed by atoms with Crippen LogP contribution in [0.3, 0.4) is 0 Å². The lowest BCUT2D eigenvalue weighted by atomic mass is 10.2. The fourth-order valence-corrected chi connectivity index (χ4v) is 5.33. The molecule has 1 saturated heterocycles. The molecule has 0 radical (unpaired) electrons. The molecule has 0 atom stereocenters. The van der Waals surface area contributed by atoms with Crippen LogP contribution in [-0.4, -0.2) is 71.1 Å². The molecule has 24 heavy (non-hydrogen) atoms. The number of benzene rings is 1. The van der Waals surface area contributed by atoms with E-state index in [4.69, 9.17) is 4.74 Å². The van der Waals surface area contributed by atoms with Crippen LogP contribution in [0.25, 0.3) is 0 Å². The Hall–Kier alpha value is -1.00. The van der Waals surface area contributed by atoms with Gasteiger partial charge in [-0.3, -0.25) is 0 Å². The highest BCUT2D eigenvalue weighted by Crippen LogP contribution is 2.19. The number of methoxy groups -OCH3 is 1. The van der Waals surface area contributed by atoms with E-state index in [0.717, 1.165) is 12.0 Å². The van der Waals surface area contributed by atoms with Gasteiger partial charge in [-0.1, -0.05) is 19.1 Å². The summed E-state index contributed by atoms with van der Waals surface area (Å²) in [5.74, 6) is -0.0886. The molecule has 0 aromatic heterocycles. The molecular formula is C15H24N2O5S2. The van der Waals surface area contributed by atoms with Gasteiger partial charge < -0.3 is 4.74 Å². The number of sulfonamides is 2. The molecule has 0 amide bonds. The number of aryl methyl sites for hydroxylation is 1. The summed E-state index contributed by atoms with van der Waals surface area (Å²) in [5, 5.41) is 0. The second-order valence-corrected chi connectivity index (χ2v) is 9.64. The lowest BCUT2D eigenvalue weighted by Gasteiger charge is -2.33. The van der Waals surface area contributed by atoms with Crippen LogP contribution in [0.1, 0.15) is 12.5 Å². The number of piperazine rings is 1. The second kappa shape index (κ2) is 7.92. The topological polar surface area (TPSA) is 84.0 Å². The molecule has 1 fully saturated rings. The summed E-state index contributed by atoms with van der Waals surface area (Å²) in [6.07, 6.45) is 0.846. The van der Waals surface area contributed by atoms with Crippen LogP contribution in [0.2, 0.25) is 0 Å². The van der Waals surface area contributed by atoms with E-state index in [-0.39, 0.29) is 43.4 Å². The van der Waals surface area contributed by atoms with E-state index in [1.807, 2.05) is 6.92 Å². The molecular weight excluding hydrogens is 352 g/mol. The molecule has 136 valence electrons. The van der Waals surface area contributed by atoms with Crippen molar-refractivity contribution in [3.05, 3.63) is 29.8 Å². The molecule has 0 saturated carbocycles. The Morgan fingerprint density at radius 2 is 1.50 bits per heavy atom. The third-order valence-corrected chi connectivity index (χ3v) is 7.85. The summed E-state index contributed by atoms with van der Waals surface area (Å²) >= 11 is 0. The van der Waals surface area contributed by atoms with E-state index in [9.17, 15) is 16.8 Å². The molecule has 0 N–H and O–H groups in total. The average molecular weight is 377 g/mol. The number of nitrogens with zero attached hydrogens (tertiary/aromatic N) is 2. The molecule has 0 aliphatic carbocycles. The summed E-state index contributed by atoms with van der Waals surface area (Å²) in [6.45, 7) is 2.78. The van der Waals surface area contributed by atoms with Crippen LogP contribution in [-0.2, 0) is 31.2 Å². The highest BCUT2D eigenvalue weighted by Gasteiger charge is 2.32. The third-order valence-electron chi connectivity index (χ3n) is 4.11. The zero-order valence-electron chi connectivity index (χ0n) is 14.0. The van der Waals surface area contributed by atoms with Crippen LogP contribution < -0.4 is 0 Å². The SMILES string of the molecule is CCc1ccc(S(=O)(=O)N2CCN(S(=O)(=O)CCOC)CC2)cc1. The van der Waals surface area contributed by atoms with Gasteiger partial charge in [-0.15, -0.1) is 0 Å². The lowest BCUT2D eigenvalue weighted by Crippen LogP contribution is -2.51. The number of rotatable bonds is 7. The van der Waals surface area contributed by atoms with Crippen molar-refractivity contribution in [1.82, 2.24) is 8.61 Å². The highest BCUT2D eigenvalue weighted by atomic mass is 32.2. The zero-order chi connectivity index (χ0) is 17.8. The van der Waals surface area contributed by atoms with Gasteiger partial charge in [0.05, 0.1) is 17.3 Å². The molecule has 1 aromatic rings. The van der Waals surface area contributed by atoms with E-state index < -0.39 is 20.0 Å². The lowest BCUT2D eigenvalue weighted by molar-refractivity contribution is 0.213. The van der Waals surface area contributed by atoms with Crippen LogP contribution in [0.4, 0.5) is 0 Å². The molecule has 1 heterocycles. The highest BCUT2D eigenvalue weighted by molar-refractivity contribution is 7.89. The minimum atomic E-state index is -3.59. The van der Waals surface area contributed by atoms with Crippen molar-refractivity contribution in [2.45, 2.75) is 18.2 Å². The van der Waals surface area contributed by atoms with E-state index in [0.29, 0.717) is 0 Å². The zero-order valence-corrected chi connectivity index (χ0v) is 15.6. The maximum atomic E-state index is 12.7. The molecule has 2 rings (SSSR count). The van der Waals surface area contributed by atoms with Crippen molar-refractivity contribution in [3.63, 3.8) is 0 Å². The van der Waals surface area contributed by atoms with Crippen molar-refractivity contribution < 1.29 is 21.6 Å². The predicted molar refractivity (Wildman–Crippen MR) is 91.8 cm³/mol. The average Bonchev–Trinajstić information content (AvgIpc) is 2.60. The van der Waals surface area contributed by atoms with Crippen molar-refractivity contribution in [1.29, 1.82) is 0 Å². The molecule has 7 nitrogen and oxygen atoms in total. The first-order valence-electron chi connectivity index (χ1n) is 7.87. The van der Waals surface area contributed by atoms with Crippen molar-refractivity contribution >= 4 is 20.0 Å². The molecule has 1 aromatic carbocycles. The van der Waals surface area contributed by atoms with Crippen LogP contribution >= 0.6 is 0 Å². The minimum absolute atomic E-state index is 0.0886. The molecule has 1 aliphatic rings. The monoisotopic (exact) mass is 376 g/mol. The Morgan fingerprint density at radius 3 is 2.00 bits per heavy atom. The molecule has 0 unspecified atom stereocenters. The Labute approximate surface area is 144 Å². The van der Waals surface area contributed by atoms with Gasteiger partial charge >= 0.3 is 0 Å². The van der Waals surface area contributed by atoms with E-state index in [2.05, 4.69) is 0 Å². The fraction of sp³-hybridized carbons (Fsp3) is 0.600. The van der Waals surface area contributed by atoms with Gasteiger partial charge in [0.25, 0.3) is 0 Å². The smallest absolute Gasteiger partial charge is 0.243 e. The Morgan fingerprint density at radius 1 is 0.958 bits per heavy atom. The van der Waals surface area contributed by atoms with Gasteiger partial charge in [0.1, 0.15) is 0 Å². The van der Waals surface area contributed by atoms with E-state index in [1.54, 1.807) is 24.3 Å². The first-order valence-corrected chi connectivity index (χ1v) is 10.9. The Balaban J connectivity index is 2.05. The van der Waals surface area contributed by atoms with Crippen LogP contribution in [0.15, 0.2) is 29.2 Å². The first kappa shape index (κ1) is 19.3. The van der Waals surface area contributed by atoms with Gasteiger partial charge in [0.2, 0.25) is 20.0 Å². The van der Waals surface area contributed by atoms with Crippen molar-refractivity contribution in [2.75, 3.05) is 45.6 Å². The molecule has 1 aliphatic heterocycles. The normalized spacial score (nSPS) is 17.9. The Kier molecular flexibility index (Phi) is 6.38. The fourth-order valence-electron chi connectivity index (χ4n) is 2.55. The summed E-state index contributed by atoms with van der Waals surface area (Å²) in [7, 11) is -5.54. The van der Waals surface area contributed by atoms with E-state index in [1.165, 1.54) is 15.7 Å². The van der Waals surface area contributed by atoms with Gasteiger partial charge in [-0.25, -0.2) is 16.8 Å². The summed E-state index contributed by atoms with van der Waals surface area (Å²) < 4.78 is 57.0. The number of hydrogen-bond donors (Lipinski definition) is 0. The van der Waals surface area contributed by atoms with Gasteiger partial charge in [-0.05, 0) is 24.1 Å². The number of hydrogen-bond acceptors (Lipinski definition) is 5. The second-order valence-electron chi connectivity index (χ2n) is 5.61. The maximum Gasteiger partial charge on any atom is 0.243 e.